The molecule has 0 bridgehead atoms. The Hall–Kier alpha value is -2.73. The van der Waals surface area contributed by atoms with E-state index in [9.17, 15) is 4.39 Å². The first kappa shape index (κ1) is 18.1. The number of hydrogen-bond acceptors (Lipinski definition) is 5. The summed E-state index contributed by atoms with van der Waals surface area (Å²) in [6.07, 6.45) is 3.88. The number of nitrogens with one attached hydrogen (secondary N) is 1. The molecule has 26 heavy (non-hydrogen) atoms. The van der Waals surface area contributed by atoms with Crippen LogP contribution in [0.15, 0.2) is 59.0 Å². The van der Waals surface area contributed by atoms with Gasteiger partial charge < -0.3 is 4.74 Å². The van der Waals surface area contributed by atoms with Crippen LogP contribution < -0.4 is 10.2 Å². The summed E-state index contributed by atoms with van der Waals surface area (Å²) in [6, 6.07) is 14.1. The van der Waals surface area contributed by atoms with Crippen molar-refractivity contribution >= 4 is 22.7 Å². The van der Waals surface area contributed by atoms with E-state index in [1.54, 1.807) is 18.3 Å². The third-order valence-corrected chi connectivity index (χ3v) is 4.39. The number of benzene rings is 2. The number of halogens is 1. The number of thiazole rings is 1. The standard InChI is InChI=1S/C20H20FN3OS/c1-2-3-11-25-18-6-4-5-15(12-18)13-22-24-20-23-19(14-26-20)16-7-9-17(21)10-8-16/h4-10,12-14H,2-3,11H2,1H3,(H,23,24)/b22-13-. The number of hydrogen-bond donors (Lipinski definition) is 1. The molecule has 2 aromatic carbocycles. The van der Waals surface area contributed by atoms with Crippen LogP contribution in [0.1, 0.15) is 25.3 Å². The summed E-state index contributed by atoms with van der Waals surface area (Å²) in [4.78, 5) is 4.46. The van der Waals surface area contributed by atoms with Crippen molar-refractivity contribution in [3.63, 3.8) is 0 Å². The zero-order chi connectivity index (χ0) is 18.2. The molecule has 6 heteroatoms. The van der Waals surface area contributed by atoms with Gasteiger partial charge in [0.25, 0.3) is 0 Å². The predicted octanol–water partition coefficient (Wildman–Crippen LogP) is 5.57. The molecule has 1 aromatic heterocycles. The normalized spacial score (nSPS) is 11.0. The molecule has 0 unspecified atom stereocenters. The maximum Gasteiger partial charge on any atom is 0.203 e. The lowest BCUT2D eigenvalue weighted by Crippen LogP contribution is -1.97. The van der Waals surface area contributed by atoms with Crippen molar-refractivity contribution in [2.24, 2.45) is 5.10 Å². The van der Waals surface area contributed by atoms with Crippen LogP contribution in [-0.2, 0) is 0 Å². The summed E-state index contributed by atoms with van der Waals surface area (Å²) >= 11 is 1.45. The zero-order valence-corrected chi connectivity index (χ0v) is 15.3. The lowest BCUT2D eigenvalue weighted by atomic mass is 10.2. The van der Waals surface area contributed by atoms with Crippen LogP contribution in [-0.4, -0.2) is 17.8 Å². The molecule has 134 valence electrons. The second-order valence-corrected chi connectivity index (χ2v) is 6.55. The molecule has 0 amide bonds. The summed E-state index contributed by atoms with van der Waals surface area (Å²) in [6.45, 7) is 2.86. The number of aromatic nitrogens is 1. The van der Waals surface area contributed by atoms with Gasteiger partial charge in [-0.05, 0) is 48.4 Å². The van der Waals surface area contributed by atoms with Crippen molar-refractivity contribution in [2.75, 3.05) is 12.0 Å². The number of unbranched alkanes of at least 4 members (excludes halogenated alkanes) is 1. The minimum atomic E-state index is -0.257. The molecular formula is C20H20FN3OS. The van der Waals surface area contributed by atoms with E-state index in [1.807, 2.05) is 29.6 Å². The highest BCUT2D eigenvalue weighted by atomic mass is 32.1. The van der Waals surface area contributed by atoms with Gasteiger partial charge in [-0.2, -0.15) is 5.10 Å². The van der Waals surface area contributed by atoms with Crippen LogP contribution in [0.2, 0.25) is 0 Å². The second-order valence-electron chi connectivity index (χ2n) is 5.69. The number of nitrogens with zero attached hydrogens (tertiary/aromatic N) is 2. The Morgan fingerprint density at radius 1 is 1.23 bits per heavy atom. The molecule has 0 spiro atoms. The third-order valence-electron chi connectivity index (χ3n) is 3.64. The Bertz CT molecular complexity index is 862. The van der Waals surface area contributed by atoms with Crippen molar-refractivity contribution in [1.29, 1.82) is 0 Å². The highest BCUT2D eigenvalue weighted by molar-refractivity contribution is 7.14. The third kappa shape index (κ3) is 5.13. The van der Waals surface area contributed by atoms with Crippen LogP contribution in [0.25, 0.3) is 11.3 Å². The quantitative estimate of drug-likeness (QED) is 0.320. The largest absolute Gasteiger partial charge is 0.494 e. The first-order valence-corrected chi connectivity index (χ1v) is 9.36. The van der Waals surface area contributed by atoms with E-state index < -0.39 is 0 Å². The fourth-order valence-corrected chi connectivity index (χ4v) is 2.93. The van der Waals surface area contributed by atoms with E-state index in [-0.39, 0.29) is 5.82 Å². The van der Waals surface area contributed by atoms with Crippen molar-refractivity contribution in [1.82, 2.24) is 4.98 Å². The topological polar surface area (TPSA) is 46.5 Å². The number of rotatable bonds is 8. The molecule has 0 aliphatic carbocycles. The van der Waals surface area contributed by atoms with E-state index >= 15 is 0 Å². The molecule has 1 heterocycles. The highest BCUT2D eigenvalue weighted by Crippen LogP contribution is 2.25. The fourth-order valence-electron chi connectivity index (χ4n) is 2.26. The molecule has 0 fully saturated rings. The summed E-state index contributed by atoms with van der Waals surface area (Å²) in [5, 5.41) is 6.81. The molecule has 3 rings (SSSR count). The molecule has 0 saturated carbocycles. The minimum absolute atomic E-state index is 0.257. The van der Waals surface area contributed by atoms with Gasteiger partial charge in [0.05, 0.1) is 18.5 Å². The van der Waals surface area contributed by atoms with Gasteiger partial charge in [0.1, 0.15) is 11.6 Å². The van der Waals surface area contributed by atoms with Gasteiger partial charge >= 0.3 is 0 Å². The number of hydrazone groups is 1. The minimum Gasteiger partial charge on any atom is -0.494 e. The van der Waals surface area contributed by atoms with Gasteiger partial charge in [-0.3, -0.25) is 5.43 Å². The summed E-state index contributed by atoms with van der Waals surface area (Å²) < 4.78 is 18.7. The summed E-state index contributed by atoms with van der Waals surface area (Å²) in [5.74, 6) is 0.586. The van der Waals surface area contributed by atoms with Gasteiger partial charge in [0, 0.05) is 10.9 Å². The van der Waals surface area contributed by atoms with Gasteiger partial charge in [0.2, 0.25) is 5.13 Å². The van der Waals surface area contributed by atoms with Crippen LogP contribution in [0.4, 0.5) is 9.52 Å². The zero-order valence-electron chi connectivity index (χ0n) is 14.5. The second kappa shape index (κ2) is 9.10. The van der Waals surface area contributed by atoms with E-state index in [0.29, 0.717) is 5.13 Å². The van der Waals surface area contributed by atoms with Crippen LogP contribution in [0, 0.1) is 5.82 Å². The van der Waals surface area contributed by atoms with Crippen molar-refractivity contribution in [3.05, 3.63) is 65.3 Å². The Kier molecular flexibility index (Phi) is 6.33. The Balaban J connectivity index is 1.59. The van der Waals surface area contributed by atoms with Gasteiger partial charge in [-0.1, -0.05) is 25.5 Å². The van der Waals surface area contributed by atoms with Crippen LogP contribution >= 0.6 is 11.3 Å². The van der Waals surface area contributed by atoms with Gasteiger partial charge in [-0.25, -0.2) is 9.37 Å². The lowest BCUT2D eigenvalue weighted by Gasteiger charge is -2.05. The van der Waals surface area contributed by atoms with Crippen LogP contribution in [0.5, 0.6) is 5.75 Å². The van der Waals surface area contributed by atoms with Gasteiger partial charge in [-0.15, -0.1) is 11.3 Å². The molecule has 0 aliphatic rings. The summed E-state index contributed by atoms with van der Waals surface area (Å²) in [5.41, 5.74) is 5.54. The molecule has 3 aromatic rings. The number of ether oxygens (including phenoxy) is 1. The average molecular weight is 369 g/mol. The molecule has 0 atom stereocenters. The molecular weight excluding hydrogens is 349 g/mol. The SMILES string of the molecule is CCCCOc1cccc(/C=N\Nc2nc(-c3ccc(F)cc3)cs2)c1. The van der Waals surface area contributed by atoms with Gasteiger partial charge in [0.15, 0.2) is 0 Å². The highest BCUT2D eigenvalue weighted by Gasteiger charge is 2.04. The fraction of sp³-hybridized carbons (Fsp3) is 0.200. The van der Waals surface area contributed by atoms with E-state index in [1.165, 1.54) is 23.5 Å². The van der Waals surface area contributed by atoms with Crippen molar-refractivity contribution < 1.29 is 9.13 Å². The lowest BCUT2D eigenvalue weighted by molar-refractivity contribution is 0.309. The monoisotopic (exact) mass is 369 g/mol. The maximum atomic E-state index is 13.0. The van der Waals surface area contributed by atoms with E-state index in [0.717, 1.165) is 42.0 Å². The first-order valence-electron chi connectivity index (χ1n) is 8.48. The Morgan fingerprint density at radius 2 is 2.08 bits per heavy atom. The Morgan fingerprint density at radius 3 is 2.88 bits per heavy atom. The first-order chi connectivity index (χ1) is 12.7. The van der Waals surface area contributed by atoms with Crippen molar-refractivity contribution in [2.45, 2.75) is 19.8 Å². The number of anilines is 1. The molecule has 0 radical (unpaired) electrons. The molecule has 1 N–H and O–H groups in total. The molecule has 0 aliphatic heterocycles. The molecule has 4 nitrogen and oxygen atoms in total. The average Bonchev–Trinajstić information content (AvgIpc) is 3.12. The molecule has 0 saturated heterocycles. The Labute approximate surface area is 156 Å². The van der Waals surface area contributed by atoms with Crippen LogP contribution in [0.3, 0.4) is 0 Å². The smallest absolute Gasteiger partial charge is 0.203 e. The maximum absolute atomic E-state index is 13.0. The summed E-state index contributed by atoms with van der Waals surface area (Å²) in [7, 11) is 0. The van der Waals surface area contributed by atoms with E-state index in [2.05, 4.69) is 22.4 Å². The predicted molar refractivity (Wildman–Crippen MR) is 106 cm³/mol. The van der Waals surface area contributed by atoms with E-state index in [4.69, 9.17) is 4.74 Å². The van der Waals surface area contributed by atoms with Crippen molar-refractivity contribution in [3.8, 4) is 17.0 Å².